The smallest absolute Gasteiger partial charge is 0.0641 e. The van der Waals surface area contributed by atoms with E-state index >= 15 is 0 Å². The van der Waals surface area contributed by atoms with Gasteiger partial charge in [-0.05, 0) is 33.7 Å². The molecule has 1 rings (SSSR count). The Labute approximate surface area is 63.0 Å². The molecule has 1 N–H and O–H groups in total. The highest BCUT2D eigenvalue weighted by Crippen LogP contribution is 2.23. The van der Waals surface area contributed by atoms with Crippen LogP contribution in [0.2, 0.25) is 0 Å². The van der Waals surface area contributed by atoms with Gasteiger partial charge in [0, 0.05) is 12.6 Å². The summed E-state index contributed by atoms with van der Waals surface area (Å²) >= 11 is 0. The van der Waals surface area contributed by atoms with Gasteiger partial charge < -0.3 is 10.1 Å². The molecular weight excluding hydrogens is 126 g/mol. The largest absolute Gasteiger partial charge is 0.375 e. The molecule has 1 atom stereocenters. The van der Waals surface area contributed by atoms with Crippen LogP contribution in [0.15, 0.2) is 0 Å². The van der Waals surface area contributed by atoms with Crippen LogP contribution in [0.4, 0.5) is 0 Å². The molecule has 2 nitrogen and oxygen atoms in total. The van der Waals surface area contributed by atoms with Crippen LogP contribution in [0, 0.1) is 0 Å². The average molecular weight is 143 g/mol. The molecule has 60 valence electrons. The van der Waals surface area contributed by atoms with Crippen molar-refractivity contribution in [2.45, 2.75) is 38.3 Å². The zero-order valence-electron chi connectivity index (χ0n) is 7.11. The van der Waals surface area contributed by atoms with Gasteiger partial charge in [0.2, 0.25) is 0 Å². The van der Waals surface area contributed by atoms with Gasteiger partial charge in [0.1, 0.15) is 0 Å². The molecule has 0 saturated carbocycles. The fourth-order valence-electron chi connectivity index (χ4n) is 1.48. The van der Waals surface area contributed by atoms with E-state index in [0.717, 1.165) is 19.4 Å². The van der Waals surface area contributed by atoms with E-state index in [2.05, 4.69) is 19.2 Å². The lowest BCUT2D eigenvalue weighted by Gasteiger charge is -2.35. The van der Waals surface area contributed by atoms with E-state index in [9.17, 15) is 0 Å². The quantitative estimate of drug-likeness (QED) is 0.595. The van der Waals surface area contributed by atoms with Crippen molar-refractivity contribution in [1.29, 1.82) is 0 Å². The Kier molecular flexibility index (Phi) is 2.32. The predicted molar refractivity (Wildman–Crippen MR) is 42.1 cm³/mol. The van der Waals surface area contributed by atoms with E-state index in [0.29, 0.717) is 6.04 Å². The van der Waals surface area contributed by atoms with Crippen molar-refractivity contribution in [3.8, 4) is 0 Å². The summed E-state index contributed by atoms with van der Waals surface area (Å²) in [6.07, 6.45) is 2.28. The van der Waals surface area contributed by atoms with Crippen molar-refractivity contribution in [2.75, 3.05) is 13.7 Å². The van der Waals surface area contributed by atoms with Crippen LogP contribution in [-0.4, -0.2) is 25.3 Å². The van der Waals surface area contributed by atoms with Gasteiger partial charge in [-0.25, -0.2) is 0 Å². The molecule has 0 radical (unpaired) electrons. The van der Waals surface area contributed by atoms with Crippen LogP contribution >= 0.6 is 0 Å². The number of hydrogen-bond donors (Lipinski definition) is 1. The number of hydrogen-bond acceptors (Lipinski definition) is 2. The van der Waals surface area contributed by atoms with E-state index in [1.807, 2.05) is 7.05 Å². The summed E-state index contributed by atoms with van der Waals surface area (Å²) in [4.78, 5) is 0. The minimum atomic E-state index is 0.0892. The third-order valence-corrected chi connectivity index (χ3v) is 2.11. The molecule has 1 aliphatic heterocycles. The van der Waals surface area contributed by atoms with Crippen LogP contribution < -0.4 is 5.32 Å². The summed E-state index contributed by atoms with van der Waals surface area (Å²) < 4.78 is 5.56. The Hall–Kier alpha value is -0.0800. The van der Waals surface area contributed by atoms with Crippen LogP contribution in [0.5, 0.6) is 0 Å². The highest BCUT2D eigenvalue weighted by atomic mass is 16.5. The van der Waals surface area contributed by atoms with Crippen LogP contribution in [-0.2, 0) is 4.74 Å². The molecule has 10 heavy (non-hydrogen) atoms. The Morgan fingerprint density at radius 2 is 2.20 bits per heavy atom. The molecule has 1 heterocycles. The van der Waals surface area contributed by atoms with Crippen molar-refractivity contribution in [1.82, 2.24) is 5.32 Å². The first-order chi connectivity index (χ1) is 4.64. The lowest BCUT2D eigenvalue weighted by atomic mass is 9.94. The van der Waals surface area contributed by atoms with Gasteiger partial charge in [-0.3, -0.25) is 0 Å². The van der Waals surface area contributed by atoms with Crippen molar-refractivity contribution in [3.63, 3.8) is 0 Å². The Morgan fingerprint density at radius 1 is 1.50 bits per heavy atom. The van der Waals surface area contributed by atoms with Crippen LogP contribution in [0.3, 0.4) is 0 Å². The second kappa shape index (κ2) is 2.89. The monoisotopic (exact) mass is 143 g/mol. The number of rotatable bonds is 1. The number of ether oxygens (including phenoxy) is 1. The van der Waals surface area contributed by atoms with Gasteiger partial charge in [0.25, 0.3) is 0 Å². The molecule has 0 unspecified atom stereocenters. The minimum Gasteiger partial charge on any atom is -0.375 e. The normalized spacial score (nSPS) is 32.1. The topological polar surface area (TPSA) is 21.3 Å². The highest BCUT2D eigenvalue weighted by molar-refractivity contribution is 4.81. The predicted octanol–water partition coefficient (Wildman–Crippen LogP) is 1.16. The molecule has 0 aromatic heterocycles. The lowest BCUT2D eigenvalue weighted by Crippen LogP contribution is -2.42. The first-order valence-corrected chi connectivity index (χ1v) is 3.95. The molecule has 0 bridgehead atoms. The fraction of sp³-hybridized carbons (Fsp3) is 1.00. The number of nitrogens with one attached hydrogen (secondary N) is 1. The average Bonchev–Trinajstić information content (AvgIpc) is 1.86. The summed E-state index contributed by atoms with van der Waals surface area (Å²) in [7, 11) is 2.02. The summed E-state index contributed by atoms with van der Waals surface area (Å²) in [5.41, 5.74) is 0.0892. The maximum Gasteiger partial charge on any atom is 0.0641 e. The second-order valence-electron chi connectivity index (χ2n) is 3.59. The summed E-state index contributed by atoms with van der Waals surface area (Å²) in [5, 5.41) is 3.28. The molecule has 0 amide bonds. The fourth-order valence-corrected chi connectivity index (χ4v) is 1.48. The van der Waals surface area contributed by atoms with Crippen LogP contribution in [0.1, 0.15) is 26.7 Å². The van der Waals surface area contributed by atoms with Crippen LogP contribution in [0.25, 0.3) is 0 Å². The van der Waals surface area contributed by atoms with Gasteiger partial charge in [-0.2, -0.15) is 0 Å². The van der Waals surface area contributed by atoms with E-state index in [1.54, 1.807) is 0 Å². The van der Waals surface area contributed by atoms with Crippen molar-refractivity contribution < 1.29 is 4.74 Å². The summed E-state index contributed by atoms with van der Waals surface area (Å²) in [5.74, 6) is 0. The Bertz CT molecular complexity index is 112. The van der Waals surface area contributed by atoms with Gasteiger partial charge in [-0.15, -0.1) is 0 Å². The zero-order valence-corrected chi connectivity index (χ0v) is 7.11. The van der Waals surface area contributed by atoms with E-state index < -0.39 is 0 Å². The summed E-state index contributed by atoms with van der Waals surface area (Å²) in [6.45, 7) is 5.20. The SMILES string of the molecule is CN[C@@H]1CCOC(C)(C)C1. The molecule has 0 spiro atoms. The van der Waals surface area contributed by atoms with Gasteiger partial charge in [0.15, 0.2) is 0 Å². The molecule has 1 saturated heterocycles. The van der Waals surface area contributed by atoms with Crippen molar-refractivity contribution in [3.05, 3.63) is 0 Å². The van der Waals surface area contributed by atoms with E-state index in [1.165, 1.54) is 0 Å². The molecule has 1 fully saturated rings. The molecule has 0 aliphatic carbocycles. The molecule has 0 aromatic carbocycles. The maximum absolute atomic E-state index is 5.56. The zero-order chi connectivity index (χ0) is 7.61. The van der Waals surface area contributed by atoms with Gasteiger partial charge >= 0.3 is 0 Å². The van der Waals surface area contributed by atoms with E-state index in [4.69, 9.17) is 4.74 Å². The first-order valence-electron chi connectivity index (χ1n) is 3.95. The Balaban J connectivity index is 2.40. The Morgan fingerprint density at radius 3 is 2.60 bits per heavy atom. The van der Waals surface area contributed by atoms with Crippen molar-refractivity contribution in [2.24, 2.45) is 0 Å². The third kappa shape index (κ3) is 1.96. The van der Waals surface area contributed by atoms with E-state index in [-0.39, 0.29) is 5.60 Å². The minimum absolute atomic E-state index is 0.0892. The second-order valence-corrected chi connectivity index (χ2v) is 3.59. The van der Waals surface area contributed by atoms with Crippen molar-refractivity contribution >= 4 is 0 Å². The molecule has 0 aromatic rings. The standard InChI is InChI=1S/C8H17NO/c1-8(2)6-7(9-3)4-5-10-8/h7,9H,4-6H2,1-3H3/t7-/m1/s1. The lowest BCUT2D eigenvalue weighted by molar-refractivity contribution is -0.0619. The first kappa shape index (κ1) is 8.02. The van der Waals surface area contributed by atoms with Gasteiger partial charge in [0.05, 0.1) is 5.60 Å². The maximum atomic E-state index is 5.56. The molecule has 1 aliphatic rings. The summed E-state index contributed by atoms with van der Waals surface area (Å²) in [6, 6.07) is 0.656. The highest BCUT2D eigenvalue weighted by Gasteiger charge is 2.27. The third-order valence-electron chi connectivity index (χ3n) is 2.11. The molecule has 2 heteroatoms. The molecular formula is C8H17NO. The van der Waals surface area contributed by atoms with Gasteiger partial charge in [-0.1, -0.05) is 0 Å².